The van der Waals surface area contributed by atoms with Gasteiger partial charge in [0.25, 0.3) is 0 Å². The molecule has 0 fully saturated rings. The third kappa shape index (κ3) is 2.71. The molecule has 0 spiro atoms. The Morgan fingerprint density at radius 1 is 1.43 bits per heavy atom. The second-order valence-corrected chi connectivity index (χ2v) is 3.96. The molecule has 1 rings (SSSR count). The summed E-state index contributed by atoms with van der Waals surface area (Å²) in [6, 6.07) is 7.52. The van der Waals surface area contributed by atoms with E-state index in [1.807, 2.05) is 31.2 Å². The van der Waals surface area contributed by atoms with E-state index < -0.39 is 5.60 Å². The molecule has 0 radical (unpaired) electrons. The molecule has 0 aliphatic rings. The van der Waals surface area contributed by atoms with E-state index in [9.17, 15) is 5.11 Å². The van der Waals surface area contributed by atoms with Gasteiger partial charge in [-0.2, -0.15) is 0 Å². The second kappa shape index (κ2) is 4.78. The van der Waals surface area contributed by atoms with Gasteiger partial charge in [-0.05, 0) is 18.1 Å². The van der Waals surface area contributed by atoms with Crippen LogP contribution in [0.3, 0.4) is 0 Å². The van der Waals surface area contributed by atoms with Gasteiger partial charge in [0.15, 0.2) is 0 Å². The van der Waals surface area contributed by atoms with Crippen molar-refractivity contribution in [2.45, 2.75) is 25.4 Å². The van der Waals surface area contributed by atoms with Crippen LogP contribution < -0.4 is 5.73 Å². The smallest absolute Gasteiger partial charge is 0.0807 e. The Morgan fingerprint density at radius 2 is 2.07 bits per heavy atom. The highest BCUT2D eigenvalue weighted by molar-refractivity contribution is 6.31. The average molecular weight is 214 g/mol. The zero-order chi connectivity index (χ0) is 10.6. The predicted octanol–water partition coefficient (Wildman–Crippen LogP) is 1.98. The SMILES string of the molecule is CCC(O)(CN)Cc1ccccc1Cl. The minimum atomic E-state index is -0.828. The summed E-state index contributed by atoms with van der Waals surface area (Å²) in [6.45, 7) is 2.18. The van der Waals surface area contributed by atoms with E-state index in [2.05, 4.69) is 0 Å². The lowest BCUT2D eigenvalue weighted by molar-refractivity contribution is 0.0456. The van der Waals surface area contributed by atoms with Crippen LogP contribution in [0.15, 0.2) is 24.3 Å². The van der Waals surface area contributed by atoms with Gasteiger partial charge in [-0.25, -0.2) is 0 Å². The van der Waals surface area contributed by atoms with Crippen molar-refractivity contribution in [3.8, 4) is 0 Å². The molecule has 78 valence electrons. The van der Waals surface area contributed by atoms with Gasteiger partial charge < -0.3 is 10.8 Å². The zero-order valence-corrected chi connectivity index (χ0v) is 9.09. The van der Waals surface area contributed by atoms with E-state index in [1.54, 1.807) is 0 Å². The van der Waals surface area contributed by atoms with E-state index >= 15 is 0 Å². The lowest BCUT2D eigenvalue weighted by Gasteiger charge is -2.25. The summed E-state index contributed by atoms with van der Waals surface area (Å²) in [6.07, 6.45) is 1.15. The molecule has 1 atom stereocenters. The molecule has 0 heterocycles. The van der Waals surface area contributed by atoms with Crippen LogP contribution in [0.25, 0.3) is 0 Å². The number of hydrogen-bond acceptors (Lipinski definition) is 2. The largest absolute Gasteiger partial charge is 0.388 e. The lowest BCUT2D eigenvalue weighted by Crippen LogP contribution is -2.39. The highest BCUT2D eigenvalue weighted by Gasteiger charge is 2.23. The fourth-order valence-corrected chi connectivity index (χ4v) is 1.54. The van der Waals surface area contributed by atoms with E-state index in [-0.39, 0.29) is 6.54 Å². The molecule has 1 unspecified atom stereocenters. The molecule has 0 aliphatic carbocycles. The maximum absolute atomic E-state index is 10.0. The Labute approximate surface area is 89.7 Å². The molecule has 14 heavy (non-hydrogen) atoms. The predicted molar refractivity (Wildman–Crippen MR) is 59.5 cm³/mol. The Bertz CT molecular complexity index is 297. The quantitative estimate of drug-likeness (QED) is 0.804. The minimum absolute atomic E-state index is 0.259. The van der Waals surface area contributed by atoms with Crippen LogP contribution in [-0.4, -0.2) is 17.3 Å². The Morgan fingerprint density at radius 3 is 2.57 bits per heavy atom. The summed E-state index contributed by atoms with van der Waals surface area (Å²) in [5.41, 5.74) is 5.64. The highest BCUT2D eigenvalue weighted by atomic mass is 35.5. The van der Waals surface area contributed by atoms with Gasteiger partial charge in [0, 0.05) is 18.0 Å². The number of benzene rings is 1. The third-order valence-corrected chi connectivity index (χ3v) is 2.88. The summed E-state index contributed by atoms with van der Waals surface area (Å²) in [5.74, 6) is 0. The summed E-state index contributed by atoms with van der Waals surface area (Å²) in [4.78, 5) is 0. The van der Waals surface area contributed by atoms with E-state index in [0.29, 0.717) is 17.9 Å². The van der Waals surface area contributed by atoms with Crippen molar-refractivity contribution in [1.29, 1.82) is 0 Å². The maximum atomic E-state index is 10.0. The maximum Gasteiger partial charge on any atom is 0.0807 e. The monoisotopic (exact) mass is 213 g/mol. The van der Waals surface area contributed by atoms with Gasteiger partial charge >= 0.3 is 0 Å². The lowest BCUT2D eigenvalue weighted by atomic mass is 9.92. The molecule has 0 bridgehead atoms. The van der Waals surface area contributed by atoms with Crippen molar-refractivity contribution in [1.82, 2.24) is 0 Å². The Balaban J connectivity index is 2.82. The number of nitrogens with two attached hydrogens (primary N) is 1. The third-order valence-electron chi connectivity index (χ3n) is 2.52. The Kier molecular flexibility index (Phi) is 3.93. The van der Waals surface area contributed by atoms with Crippen LogP contribution in [0.4, 0.5) is 0 Å². The first-order valence-corrected chi connectivity index (χ1v) is 5.15. The highest BCUT2D eigenvalue weighted by Crippen LogP contribution is 2.22. The molecule has 0 amide bonds. The number of halogens is 1. The van der Waals surface area contributed by atoms with Crippen LogP contribution in [0.2, 0.25) is 5.02 Å². The van der Waals surface area contributed by atoms with Crippen LogP contribution in [-0.2, 0) is 6.42 Å². The molecule has 2 nitrogen and oxygen atoms in total. The van der Waals surface area contributed by atoms with Gasteiger partial charge in [0.2, 0.25) is 0 Å². The summed E-state index contributed by atoms with van der Waals surface area (Å²) in [7, 11) is 0. The van der Waals surface area contributed by atoms with E-state index in [0.717, 1.165) is 5.56 Å². The number of hydrogen-bond donors (Lipinski definition) is 2. The molecule has 1 aromatic carbocycles. The fraction of sp³-hybridized carbons (Fsp3) is 0.455. The van der Waals surface area contributed by atoms with Crippen molar-refractivity contribution in [2.24, 2.45) is 5.73 Å². The summed E-state index contributed by atoms with van der Waals surface area (Å²) in [5, 5.41) is 10.7. The van der Waals surface area contributed by atoms with Gasteiger partial charge in [0.05, 0.1) is 5.60 Å². The molecule has 0 saturated carbocycles. The van der Waals surface area contributed by atoms with E-state index in [4.69, 9.17) is 17.3 Å². The minimum Gasteiger partial charge on any atom is -0.388 e. The molecule has 0 aromatic heterocycles. The molecule has 0 aliphatic heterocycles. The van der Waals surface area contributed by atoms with Crippen molar-refractivity contribution in [2.75, 3.05) is 6.54 Å². The van der Waals surface area contributed by atoms with Crippen LogP contribution in [0, 0.1) is 0 Å². The Hall–Kier alpha value is -0.570. The van der Waals surface area contributed by atoms with Gasteiger partial charge in [0.1, 0.15) is 0 Å². The number of rotatable bonds is 4. The van der Waals surface area contributed by atoms with Crippen molar-refractivity contribution in [3.63, 3.8) is 0 Å². The van der Waals surface area contributed by atoms with Crippen molar-refractivity contribution in [3.05, 3.63) is 34.9 Å². The topological polar surface area (TPSA) is 46.2 Å². The molecule has 3 N–H and O–H groups in total. The number of aliphatic hydroxyl groups is 1. The standard InChI is InChI=1S/C11H16ClNO/c1-2-11(14,8-13)7-9-5-3-4-6-10(9)12/h3-6,14H,2,7-8,13H2,1H3. The van der Waals surface area contributed by atoms with Gasteiger partial charge in [-0.15, -0.1) is 0 Å². The van der Waals surface area contributed by atoms with Crippen LogP contribution >= 0.6 is 11.6 Å². The second-order valence-electron chi connectivity index (χ2n) is 3.55. The van der Waals surface area contributed by atoms with Crippen LogP contribution in [0.5, 0.6) is 0 Å². The fourth-order valence-electron chi connectivity index (χ4n) is 1.34. The molecule has 3 heteroatoms. The van der Waals surface area contributed by atoms with Gasteiger partial charge in [-0.3, -0.25) is 0 Å². The molecular weight excluding hydrogens is 198 g/mol. The first-order valence-electron chi connectivity index (χ1n) is 4.77. The molecular formula is C11H16ClNO. The van der Waals surface area contributed by atoms with Crippen LogP contribution in [0.1, 0.15) is 18.9 Å². The normalized spacial score (nSPS) is 15.1. The summed E-state index contributed by atoms with van der Waals surface area (Å²) < 4.78 is 0. The first kappa shape index (κ1) is 11.5. The first-order chi connectivity index (χ1) is 6.61. The molecule has 1 aromatic rings. The van der Waals surface area contributed by atoms with Crippen molar-refractivity contribution < 1.29 is 5.11 Å². The summed E-state index contributed by atoms with van der Waals surface area (Å²) >= 11 is 5.99. The zero-order valence-electron chi connectivity index (χ0n) is 8.33. The van der Waals surface area contributed by atoms with E-state index in [1.165, 1.54) is 0 Å². The average Bonchev–Trinajstić information content (AvgIpc) is 2.21. The molecule has 0 saturated heterocycles. The van der Waals surface area contributed by atoms with Crippen molar-refractivity contribution >= 4 is 11.6 Å². The van der Waals surface area contributed by atoms with Gasteiger partial charge in [-0.1, -0.05) is 36.7 Å².